The Bertz CT molecular complexity index is 587. The first-order valence-corrected chi connectivity index (χ1v) is 9.72. The standard InChI is InChI=1S/C18H27N3O2S/c1-14(19-17(22)6-5-16-13-24-15(2)20-16)18(7-3-4-8-18)21-9-11-23-12-10-21/h5-6,13-14H,3-4,7-12H2,1-2H3,(H,19,22)/b6-5+/t14-/m1/s1. The molecular formula is C18H27N3O2S. The molecule has 132 valence electrons. The van der Waals surface area contributed by atoms with Gasteiger partial charge in [-0.3, -0.25) is 9.69 Å². The predicted molar refractivity (Wildman–Crippen MR) is 97.1 cm³/mol. The van der Waals surface area contributed by atoms with E-state index in [0.29, 0.717) is 0 Å². The second-order valence-corrected chi connectivity index (χ2v) is 7.83. The first-order valence-electron chi connectivity index (χ1n) is 8.84. The molecule has 3 rings (SSSR count). The van der Waals surface area contributed by atoms with Gasteiger partial charge in [-0.05, 0) is 32.8 Å². The van der Waals surface area contributed by atoms with E-state index in [1.165, 1.54) is 12.8 Å². The molecule has 0 aromatic carbocycles. The molecule has 1 N–H and O–H groups in total. The third-order valence-corrected chi connectivity index (χ3v) is 6.11. The summed E-state index contributed by atoms with van der Waals surface area (Å²) in [6.45, 7) is 7.65. The molecule has 2 fully saturated rings. The van der Waals surface area contributed by atoms with Crippen LogP contribution >= 0.6 is 11.3 Å². The third kappa shape index (κ3) is 3.87. The monoisotopic (exact) mass is 349 g/mol. The highest BCUT2D eigenvalue weighted by Gasteiger charge is 2.44. The van der Waals surface area contributed by atoms with E-state index in [9.17, 15) is 4.79 Å². The van der Waals surface area contributed by atoms with Crippen molar-refractivity contribution in [3.05, 3.63) is 22.2 Å². The van der Waals surface area contributed by atoms with Gasteiger partial charge in [-0.25, -0.2) is 4.98 Å². The molecule has 1 saturated heterocycles. The van der Waals surface area contributed by atoms with Crippen molar-refractivity contribution in [1.82, 2.24) is 15.2 Å². The van der Waals surface area contributed by atoms with Gasteiger partial charge in [-0.2, -0.15) is 0 Å². The zero-order valence-electron chi connectivity index (χ0n) is 14.6. The van der Waals surface area contributed by atoms with Gasteiger partial charge in [0.15, 0.2) is 0 Å². The number of ether oxygens (including phenoxy) is 1. The van der Waals surface area contributed by atoms with E-state index < -0.39 is 0 Å². The van der Waals surface area contributed by atoms with Crippen LogP contribution in [-0.4, -0.2) is 53.7 Å². The molecule has 2 heterocycles. The summed E-state index contributed by atoms with van der Waals surface area (Å²) in [7, 11) is 0. The van der Waals surface area contributed by atoms with Gasteiger partial charge in [-0.15, -0.1) is 11.3 Å². The molecule has 1 aromatic heterocycles. The van der Waals surface area contributed by atoms with Crippen LogP contribution in [0.2, 0.25) is 0 Å². The van der Waals surface area contributed by atoms with Crippen molar-refractivity contribution >= 4 is 23.3 Å². The summed E-state index contributed by atoms with van der Waals surface area (Å²) in [5.74, 6) is -0.0345. The lowest BCUT2D eigenvalue weighted by Crippen LogP contribution is -2.62. The minimum atomic E-state index is -0.0345. The van der Waals surface area contributed by atoms with E-state index in [1.54, 1.807) is 23.5 Å². The molecule has 2 aliphatic rings. The number of rotatable bonds is 5. The van der Waals surface area contributed by atoms with Gasteiger partial charge < -0.3 is 10.1 Å². The summed E-state index contributed by atoms with van der Waals surface area (Å²) in [5.41, 5.74) is 0.939. The molecular weight excluding hydrogens is 322 g/mol. The maximum atomic E-state index is 12.3. The van der Waals surface area contributed by atoms with E-state index in [2.05, 4.69) is 22.1 Å². The average molecular weight is 350 g/mol. The predicted octanol–water partition coefficient (Wildman–Crippen LogP) is 2.61. The van der Waals surface area contributed by atoms with E-state index in [-0.39, 0.29) is 17.5 Å². The maximum absolute atomic E-state index is 12.3. The van der Waals surface area contributed by atoms with Crippen LogP contribution in [0.3, 0.4) is 0 Å². The smallest absolute Gasteiger partial charge is 0.244 e. The van der Waals surface area contributed by atoms with Crippen LogP contribution in [0.25, 0.3) is 6.08 Å². The van der Waals surface area contributed by atoms with E-state index in [4.69, 9.17) is 4.74 Å². The number of morpholine rings is 1. The Morgan fingerprint density at radius 3 is 2.75 bits per heavy atom. The van der Waals surface area contributed by atoms with E-state index in [1.807, 2.05) is 12.3 Å². The van der Waals surface area contributed by atoms with E-state index in [0.717, 1.165) is 49.8 Å². The van der Waals surface area contributed by atoms with Crippen LogP contribution in [-0.2, 0) is 9.53 Å². The van der Waals surface area contributed by atoms with Gasteiger partial charge in [0.25, 0.3) is 0 Å². The summed E-state index contributed by atoms with van der Waals surface area (Å²) in [6.07, 6.45) is 8.19. The molecule has 0 unspecified atom stereocenters. The van der Waals surface area contributed by atoms with Crippen molar-refractivity contribution < 1.29 is 9.53 Å². The fourth-order valence-corrected chi connectivity index (χ4v) is 4.61. The Kier molecular flexibility index (Phi) is 5.69. The molecule has 1 aromatic rings. The van der Waals surface area contributed by atoms with E-state index >= 15 is 0 Å². The van der Waals surface area contributed by atoms with Crippen molar-refractivity contribution in [2.75, 3.05) is 26.3 Å². The lowest BCUT2D eigenvalue weighted by Gasteiger charge is -2.47. The summed E-state index contributed by atoms with van der Waals surface area (Å²) >= 11 is 1.60. The molecule has 5 nitrogen and oxygen atoms in total. The summed E-state index contributed by atoms with van der Waals surface area (Å²) in [4.78, 5) is 19.2. The minimum absolute atomic E-state index is 0.0345. The summed E-state index contributed by atoms with van der Waals surface area (Å²) < 4.78 is 5.51. The number of aryl methyl sites for hydroxylation is 1. The van der Waals surface area contributed by atoms with Crippen LogP contribution in [0, 0.1) is 6.92 Å². The second-order valence-electron chi connectivity index (χ2n) is 6.77. The molecule has 1 atom stereocenters. The molecule has 0 spiro atoms. The Morgan fingerprint density at radius 1 is 1.42 bits per heavy atom. The highest BCUT2D eigenvalue weighted by Crippen LogP contribution is 2.38. The molecule has 0 bridgehead atoms. The quantitative estimate of drug-likeness (QED) is 0.830. The van der Waals surface area contributed by atoms with Crippen LogP contribution in [0.1, 0.15) is 43.3 Å². The lowest BCUT2D eigenvalue weighted by atomic mass is 9.86. The largest absolute Gasteiger partial charge is 0.379 e. The minimum Gasteiger partial charge on any atom is -0.379 e. The Labute approximate surface area is 148 Å². The van der Waals surface area contributed by atoms with Crippen molar-refractivity contribution in [2.45, 2.75) is 51.1 Å². The van der Waals surface area contributed by atoms with Gasteiger partial charge >= 0.3 is 0 Å². The van der Waals surface area contributed by atoms with Gasteiger partial charge in [0.1, 0.15) is 0 Å². The normalized spacial score (nSPS) is 22.8. The number of aromatic nitrogens is 1. The van der Waals surface area contributed by atoms with Crippen molar-refractivity contribution in [3.8, 4) is 0 Å². The van der Waals surface area contributed by atoms with Gasteiger partial charge in [0.05, 0.1) is 23.9 Å². The number of nitrogens with one attached hydrogen (secondary N) is 1. The highest BCUT2D eigenvalue weighted by molar-refractivity contribution is 7.09. The van der Waals surface area contributed by atoms with Crippen LogP contribution < -0.4 is 5.32 Å². The molecule has 1 saturated carbocycles. The molecule has 1 aliphatic carbocycles. The first-order chi connectivity index (χ1) is 11.6. The molecule has 1 aliphatic heterocycles. The van der Waals surface area contributed by atoms with Gasteiger partial charge in [-0.1, -0.05) is 12.8 Å². The SMILES string of the molecule is Cc1nc(/C=C/C(=O)N[C@H](C)C2(N3CCOCC3)CCCC2)cs1. The number of amides is 1. The fourth-order valence-electron chi connectivity index (χ4n) is 4.03. The van der Waals surface area contributed by atoms with Crippen LogP contribution in [0.15, 0.2) is 11.5 Å². The van der Waals surface area contributed by atoms with Gasteiger partial charge in [0.2, 0.25) is 5.91 Å². The zero-order chi connectivity index (χ0) is 17.0. The number of hydrogen-bond donors (Lipinski definition) is 1. The molecule has 6 heteroatoms. The van der Waals surface area contributed by atoms with Crippen molar-refractivity contribution in [1.29, 1.82) is 0 Å². The number of carbonyl (C=O) groups is 1. The lowest BCUT2D eigenvalue weighted by molar-refractivity contribution is -0.118. The van der Waals surface area contributed by atoms with Crippen LogP contribution in [0.4, 0.5) is 0 Å². The Balaban J connectivity index is 1.63. The molecule has 1 amide bonds. The number of thiazole rings is 1. The Morgan fingerprint density at radius 2 is 2.12 bits per heavy atom. The third-order valence-electron chi connectivity index (χ3n) is 5.32. The molecule has 0 radical (unpaired) electrons. The number of nitrogens with zero attached hydrogens (tertiary/aromatic N) is 2. The zero-order valence-corrected chi connectivity index (χ0v) is 15.4. The van der Waals surface area contributed by atoms with Crippen molar-refractivity contribution in [2.24, 2.45) is 0 Å². The number of carbonyl (C=O) groups excluding carboxylic acids is 1. The molecule has 24 heavy (non-hydrogen) atoms. The van der Waals surface area contributed by atoms with Crippen molar-refractivity contribution in [3.63, 3.8) is 0 Å². The topological polar surface area (TPSA) is 54.5 Å². The number of hydrogen-bond acceptors (Lipinski definition) is 5. The first kappa shape index (κ1) is 17.6. The fraction of sp³-hybridized carbons (Fsp3) is 0.667. The summed E-state index contributed by atoms with van der Waals surface area (Å²) in [5, 5.41) is 6.19. The van der Waals surface area contributed by atoms with Crippen LogP contribution in [0.5, 0.6) is 0 Å². The Hall–Kier alpha value is -1.24. The summed E-state index contributed by atoms with van der Waals surface area (Å²) in [6, 6.07) is 0.132. The maximum Gasteiger partial charge on any atom is 0.244 e. The second kappa shape index (κ2) is 7.76. The average Bonchev–Trinajstić information content (AvgIpc) is 3.23. The van der Waals surface area contributed by atoms with Gasteiger partial charge in [0, 0.05) is 36.1 Å². The highest BCUT2D eigenvalue weighted by atomic mass is 32.1.